The second-order valence-corrected chi connectivity index (χ2v) is 12.2. The third-order valence-corrected chi connectivity index (χ3v) is 9.83. The number of rotatable bonds is 6. The number of hydrogen-bond donors (Lipinski definition) is 1. The van der Waals surface area contributed by atoms with E-state index >= 15 is 0 Å². The Hall–Kier alpha value is -2.07. The molecule has 188 valence electrons. The van der Waals surface area contributed by atoms with Crippen LogP contribution in [0.2, 0.25) is 0 Å². The number of aromatic amines is 1. The Kier molecular flexibility index (Phi) is 6.16. The molecule has 3 aliphatic carbocycles. The predicted molar refractivity (Wildman–Crippen MR) is 125 cm³/mol. The Bertz CT molecular complexity index is 1090. The van der Waals surface area contributed by atoms with Crippen molar-refractivity contribution >= 4 is 15.7 Å². The number of halogens is 3. The van der Waals surface area contributed by atoms with Gasteiger partial charge < -0.3 is 9.88 Å². The summed E-state index contributed by atoms with van der Waals surface area (Å²) >= 11 is 0. The molecule has 6 rings (SSSR count). The monoisotopic (exact) mass is 498 g/mol. The van der Waals surface area contributed by atoms with Crippen molar-refractivity contribution in [1.29, 1.82) is 0 Å². The minimum absolute atomic E-state index is 0. The molecule has 0 amide bonds. The van der Waals surface area contributed by atoms with Gasteiger partial charge in [0.1, 0.15) is 0 Å². The molecule has 10 heteroatoms. The standard InChI is InChI=1S/C24H31F3N4O2S.H2/c25-24(26,27)34(32,33)30-14-19-3-1-2-4-22(19)31(15-20-13-28-17-29-20)21(16-30)8-12-23-9-5-18(6-10-23)7-11-23;/h1-4,13,17-18,21H,5-12,14-16H2,(H,28,29);1H. The largest absolute Gasteiger partial charge is 0.511 e. The third-order valence-electron chi connectivity index (χ3n) is 8.29. The highest BCUT2D eigenvalue weighted by Gasteiger charge is 2.51. The quantitative estimate of drug-likeness (QED) is 0.575. The molecule has 1 aliphatic heterocycles. The zero-order chi connectivity index (χ0) is 24.0. The SMILES string of the molecule is O=S(=O)(N1Cc2ccccc2N(Cc2cnc[nH]2)C(CCC23CCC(CC2)CC3)C1)C(F)(F)F.[HH]. The Balaban J connectivity index is 0.00000289. The Morgan fingerprint density at radius 2 is 1.85 bits per heavy atom. The number of fused-ring (bicyclic) bond motifs is 4. The van der Waals surface area contributed by atoms with Gasteiger partial charge in [-0.2, -0.15) is 17.5 Å². The van der Waals surface area contributed by atoms with E-state index in [1.54, 1.807) is 24.7 Å². The molecule has 1 aromatic carbocycles. The molecule has 6 nitrogen and oxygen atoms in total. The van der Waals surface area contributed by atoms with Gasteiger partial charge in [-0.3, -0.25) is 0 Å². The number of hydrogen-bond acceptors (Lipinski definition) is 4. The van der Waals surface area contributed by atoms with Crippen LogP contribution in [-0.4, -0.2) is 40.8 Å². The maximum Gasteiger partial charge on any atom is 0.511 e. The number of imidazole rings is 1. The number of nitrogens with zero attached hydrogens (tertiary/aromatic N) is 3. The van der Waals surface area contributed by atoms with Crippen LogP contribution in [0, 0.1) is 11.3 Å². The van der Waals surface area contributed by atoms with Crippen molar-refractivity contribution in [2.45, 2.75) is 76.0 Å². The fraction of sp³-hybridized carbons (Fsp3) is 0.625. The van der Waals surface area contributed by atoms with Crippen LogP contribution in [0.5, 0.6) is 0 Å². The lowest BCUT2D eigenvalue weighted by Gasteiger charge is -2.48. The van der Waals surface area contributed by atoms with Gasteiger partial charge in [0.05, 0.1) is 18.6 Å². The van der Waals surface area contributed by atoms with E-state index in [1.165, 1.54) is 38.5 Å². The van der Waals surface area contributed by atoms with Crippen molar-refractivity contribution in [3.8, 4) is 0 Å². The molecule has 1 unspecified atom stereocenters. The minimum atomic E-state index is -5.45. The molecule has 0 radical (unpaired) electrons. The second kappa shape index (κ2) is 8.86. The molecule has 2 bridgehead atoms. The van der Waals surface area contributed by atoms with E-state index in [0.29, 0.717) is 22.8 Å². The number of H-pyrrole nitrogens is 1. The van der Waals surface area contributed by atoms with Crippen LogP contribution in [-0.2, 0) is 23.1 Å². The number of aromatic nitrogens is 2. The van der Waals surface area contributed by atoms with Gasteiger partial charge in [0.25, 0.3) is 0 Å². The van der Waals surface area contributed by atoms with E-state index in [0.717, 1.165) is 23.7 Å². The summed E-state index contributed by atoms with van der Waals surface area (Å²) in [5.74, 6) is 0.830. The van der Waals surface area contributed by atoms with E-state index in [-0.39, 0.29) is 26.0 Å². The van der Waals surface area contributed by atoms with Crippen molar-refractivity contribution in [2.75, 3.05) is 11.4 Å². The van der Waals surface area contributed by atoms with E-state index in [2.05, 4.69) is 14.9 Å². The molecule has 3 saturated carbocycles. The van der Waals surface area contributed by atoms with Gasteiger partial charge in [-0.15, -0.1) is 0 Å². The average molecular weight is 499 g/mol. The molecule has 34 heavy (non-hydrogen) atoms. The zero-order valence-electron chi connectivity index (χ0n) is 19.1. The lowest BCUT2D eigenvalue weighted by Crippen LogP contribution is -2.47. The lowest BCUT2D eigenvalue weighted by molar-refractivity contribution is -0.0492. The summed E-state index contributed by atoms with van der Waals surface area (Å²) < 4.78 is 66.5. The van der Waals surface area contributed by atoms with Crippen molar-refractivity contribution < 1.29 is 23.0 Å². The predicted octanol–water partition coefficient (Wildman–Crippen LogP) is 5.45. The van der Waals surface area contributed by atoms with Gasteiger partial charge in [-0.05, 0) is 74.3 Å². The fourth-order valence-electron chi connectivity index (χ4n) is 6.24. The second-order valence-electron chi connectivity index (χ2n) is 10.3. The molecule has 0 saturated heterocycles. The maximum atomic E-state index is 13.6. The van der Waals surface area contributed by atoms with Crippen LogP contribution >= 0.6 is 0 Å². The van der Waals surface area contributed by atoms with Crippen molar-refractivity contribution in [3.05, 3.63) is 48.0 Å². The molecule has 4 aliphatic rings. The molecule has 3 fully saturated rings. The van der Waals surface area contributed by atoms with E-state index < -0.39 is 15.5 Å². The molecule has 0 spiro atoms. The molecule has 2 aromatic rings. The zero-order valence-corrected chi connectivity index (χ0v) is 19.9. The highest BCUT2D eigenvalue weighted by atomic mass is 32.2. The minimum Gasteiger partial charge on any atom is -0.361 e. The van der Waals surface area contributed by atoms with Crippen molar-refractivity contribution in [1.82, 2.24) is 14.3 Å². The summed E-state index contributed by atoms with van der Waals surface area (Å²) in [4.78, 5) is 9.26. The van der Waals surface area contributed by atoms with Gasteiger partial charge in [-0.1, -0.05) is 18.2 Å². The number of para-hydroxylation sites is 1. The molecule has 1 N–H and O–H groups in total. The number of anilines is 1. The number of nitrogens with one attached hydrogen (secondary N) is 1. The summed E-state index contributed by atoms with van der Waals surface area (Å²) in [6, 6.07) is 6.82. The maximum absolute atomic E-state index is 13.6. The van der Waals surface area contributed by atoms with Crippen LogP contribution in [0.3, 0.4) is 0 Å². The first-order chi connectivity index (χ1) is 16.2. The summed E-state index contributed by atoms with van der Waals surface area (Å²) in [5, 5.41) is 0. The first-order valence-electron chi connectivity index (χ1n) is 12.1. The number of sulfonamides is 1. The average Bonchev–Trinajstić information content (AvgIpc) is 3.28. The Morgan fingerprint density at radius 1 is 1.15 bits per heavy atom. The molecular weight excluding hydrogens is 465 g/mol. The van der Waals surface area contributed by atoms with Crippen LogP contribution < -0.4 is 4.90 Å². The highest BCUT2D eigenvalue weighted by Crippen LogP contribution is 2.53. The smallest absolute Gasteiger partial charge is 0.361 e. The first kappa shape index (κ1) is 23.7. The van der Waals surface area contributed by atoms with Crippen molar-refractivity contribution in [2.24, 2.45) is 11.3 Å². The van der Waals surface area contributed by atoms with Gasteiger partial charge in [-0.25, -0.2) is 13.4 Å². The van der Waals surface area contributed by atoms with Gasteiger partial charge in [0.2, 0.25) is 0 Å². The molecule has 2 heterocycles. The summed E-state index contributed by atoms with van der Waals surface area (Å²) in [7, 11) is -5.45. The van der Waals surface area contributed by atoms with Crippen LogP contribution in [0.25, 0.3) is 0 Å². The van der Waals surface area contributed by atoms with E-state index in [9.17, 15) is 21.6 Å². The topological polar surface area (TPSA) is 69.3 Å². The van der Waals surface area contributed by atoms with Crippen LogP contribution in [0.4, 0.5) is 18.9 Å². The van der Waals surface area contributed by atoms with Gasteiger partial charge in [0, 0.05) is 32.4 Å². The molecular formula is C24H33F3N4O2S. The van der Waals surface area contributed by atoms with Crippen molar-refractivity contribution in [3.63, 3.8) is 0 Å². The summed E-state index contributed by atoms with van der Waals surface area (Å²) in [6.07, 6.45) is 12.1. The Morgan fingerprint density at radius 3 is 2.50 bits per heavy atom. The van der Waals surface area contributed by atoms with Crippen LogP contribution in [0.15, 0.2) is 36.8 Å². The first-order valence-corrected chi connectivity index (χ1v) is 13.5. The normalized spacial score (nSPS) is 28.0. The lowest BCUT2D eigenvalue weighted by atomic mass is 9.59. The summed E-state index contributed by atoms with van der Waals surface area (Å²) in [6.45, 7) is -0.0547. The van der Waals surface area contributed by atoms with Gasteiger partial charge in [0.15, 0.2) is 0 Å². The Labute approximate surface area is 200 Å². The van der Waals surface area contributed by atoms with E-state index in [1.807, 2.05) is 12.1 Å². The fourth-order valence-corrected chi connectivity index (χ4v) is 7.21. The third kappa shape index (κ3) is 4.46. The van der Waals surface area contributed by atoms with Gasteiger partial charge >= 0.3 is 15.5 Å². The number of alkyl halides is 3. The highest BCUT2D eigenvalue weighted by molar-refractivity contribution is 7.89. The number of benzene rings is 1. The molecule has 1 atom stereocenters. The molecule has 1 aromatic heterocycles. The summed E-state index contributed by atoms with van der Waals surface area (Å²) in [5.41, 5.74) is -2.89. The van der Waals surface area contributed by atoms with Crippen LogP contribution in [0.1, 0.15) is 64.1 Å². The van der Waals surface area contributed by atoms with E-state index in [4.69, 9.17) is 0 Å².